The summed E-state index contributed by atoms with van der Waals surface area (Å²) in [7, 11) is -2.06. The van der Waals surface area contributed by atoms with Crippen LogP contribution in [0.4, 0.5) is 0 Å². The first-order chi connectivity index (χ1) is 12.0. The molecule has 0 radical (unpaired) electrons. The molecule has 1 aromatic heterocycles. The van der Waals surface area contributed by atoms with Gasteiger partial charge in [0.05, 0.1) is 22.7 Å². The molecule has 1 aliphatic heterocycles. The molecule has 0 N–H and O–H groups in total. The van der Waals surface area contributed by atoms with E-state index in [1.165, 1.54) is 23.5 Å². The highest BCUT2D eigenvalue weighted by Gasteiger charge is 2.29. The molecule has 134 valence electrons. The molecule has 0 aliphatic carbocycles. The summed E-state index contributed by atoms with van der Waals surface area (Å²) in [6.45, 7) is 2.94. The third-order valence-corrected chi connectivity index (χ3v) is 6.39. The van der Waals surface area contributed by atoms with Gasteiger partial charge in [0, 0.05) is 38.9 Å². The highest BCUT2D eigenvalue weighted by atomic mass is 35.5. The van der Waals surface area contributed by atoms with E-state index < -0.39 is 10.0 Å². The third-order valence-electron chi connectivity index (χ3n) is 4.20. The summed E-state index contributed by atoms with van der Waals surface area (Å²) in [6.07, 6.45) is 1.77. The summed E-state index contributed by atoms with van der Waals surface area (Å²) in [5.41, 5.74) is 0.987. The first-order valence-corrected chi connectivity index (χ1v) is 9.78. The molecule has 1 fully saturated rings. The topological polar surface area (TPSA) is 62.7 Å². The SMILES string of the molecule is COc1ccc(S(=O)(=O)N2CCN(Cc3ccccn3)CC2)cc1Cl. The van der Waals surface area contributed by atoms with Gasteiger partial charge in [-0.05, 0) is 30.3 Å². The third kappa shape index (κ3) is 4.12. The minimum absolute atomic E-state index is 0.191. The minimum Gasteiger partial charge on any atom is -0.495 e. The maximum atomic E-state index is 12.8. The molecule has 0 unspecified atom stereocenters. The van der Waals surface area contributed by atoms with E-state index in [1.807, 2.05) is 18.2 Å². The number of nitrogens with zero attached hydrogens (tertiary/aromatic N) is 3. The highest BCUT2D eigenvalue weighted by molar-refractivity contribution is 7.89. The fourth-order valence-electron chi connectivity index (χ4n) is 2.81. The maximum absolute atomic E-state index is 12.8. The second-order valence-electron chi connectivity index (χ2n) is 5.80. The fraction of sp³-hybridized carbons (Fsp3) is 0.353. The summed E-state index contributed by atoms with van der Waals surface area (Å²) in [5.74, 6) is 0.459. The lowest BCUT2D eigenvalue weighted by molar-refractivity contribution is 0.180. The number of rotatable bonds is 5. The van der Waals surface area contributed by atoms with E-state index in [0.29, 0.717) is 31.9 Å². The standard InChI is InChI=1S/C17H20ClN3O3S/c1-24-17-6-5-15(12-16(17)18)25(22,23)21-10-8-20(9-11-21)13-14-4-2-3-7-19-14/h2-7,12H,8-11,13H2,1H3. The van der Waals surface area contributed by atoms with Gasteiger partial charge in [-0.1, -0.05) is 17.7 Å². The van der Waals surface area contributed by atoms with Gasteiger partial charge in [0.2, 0.25) is 10.0 Å². The Balaban J connectivity index is 1.66. The van der Waals surface area contributed by atoms with Crippen LogP contribution in [0.25, 0.3) is 0 Å². The van der Waals surface area contributed by atoms with Crippen molar-refractivity contribution in [3.63, 3.8) is 0 Å². The molecular formula is C17H20ClN3O3S. The Morgan fingerprint density at radius 2 is 1.92 bits per heavy atom. The van der Waals surface area contributed by atoms with Gasteiger partial charge < -0.3 is 4.74 Å². The van der Waals surface area contributed by atoms with E-state index >= 15 is 0 Å². The largest absolute Gasteiger partial charge is 0.495 e. The van der Waals surface area contributed by atoms with Gasteiger partial charge in [-0.3, -0.25) is 9.88 Å². The lowest BCUT2D eigenvalue weighted by Crippen LogP contribution is -2.48. The first kappa shape index (κ1) is 18.1. The van der Waals surface area contributed by atoms with Crippen molar-refractivity contribution in [1.82, 2.24) is 14.2 Å². The van der Waals surface area contributed by atoms with Crippen molar-refractivity contribution in [3.8, 4) is 5.75 Å². The molecule has 6 nitrogen and oxygen atoms in total. The number of piperazine rings is 1. The number of methoxy groups -OCH3 is 1. The Morgan fingerprint density at radius 1 is 1.16 bits per heavy atom. The van der Waals surface area contributed by atoms with E-state index in [2.05, 4.69) is 9.88 Å². The molecule has 0 bridgehead atoms. The van der Waals surface area contributed by atoms with Gasteiger partial charge in [0.15, 0.2) is 0 Å². The smallest absolute Gasteiger partial charge is 0.243 e. The number of ether oxygens (including phenoxy) is 1. The quantitative estimate of drug-likeness (QED) is 0.794. The number of halogens is 1. The molecular weight excluding hydrogens is 362 g/mol. The summed E-state index contributed by atoms with van der Waals surface area (Å²) in [4.78, 5) is 6.71. The zero-order chi connectivity index (χ0) is 17.9. The maximum Gasteiger partial charge on any atom is 0.243 e. The van der Waals surface area contributed by atoms with Crippen LogP contribution >= 0.6 is 11.6 Å². The van der Waals surface area contributed by atoms with Crippen molar-refractivity contribution in [2.45, 2.75) is 11.4 Å². The van der Waals surface area contributed by atoms with Crippen LogP contribution in [-0.2, 0) is 16.6 Å². The Hall–Kier alpha value is -1.67. The first-order valence-electron chi connectivity index (χ1n) is 7.96. The summed E-state index contributed by atoms with van der Waals surface area (Å²) < 4.78 is 32.2. The van der Waals surface area contributed by atoms with E-state index in [1.54, 1.807) is 12.3 Å². The van der Waals surface area contributed by atoms with Crippen LogP contribution in [0, 0.1) is 0 Å². The van der Waals surface area contributed by atoms with Gasteiger partial charge in [0.1, 0.15) is 5.75 Å². The van der Waals surface area contributed by atoms with E-state index in [9.17, 15) is 8.42 Å². The number of pyridine rings is 1. The Kier molecular flexibility index (Phi) is 5.58. The van der Waals surface area contributed by atoms with Gasteiger partial charge >= 0.3 is 0 Å². The summed E-state index contributed by atoms with van der Waals surface area (Å²) in [6, 6.07) is 10.4. The van der Waals surface area contributed by atoms with E-state index in [-0.39, 0.29) is 9.92 Å². The van der Waals surface area contributed by atoms with Crippen LogP contribution in [0.1, 0.15) is 5.69 Å². The average Bonchev–Trinajstić information content (AvgIpc) is 2.63. The Labute approximate surface area is 153 Å². The fourth-order valence-corrected chi connectivity index (χ4v) is 4.58. The van der Waals surface area contributed by atoms with Crippen LogP contribution in [0.15, 0.2) is 47.5 Å². The second-order valence-corrected chi connectivity index (χ2v) is 8.14. The lowest BCUT2D eigenvalue weighted by atomic mass is 10.3. The predicted molar refractivity (Wildman–Crippen MR) is 96.3 cm³/mol. The van der Waals surface area contributed by atoms with Crippen molar-refractivity contribution < 1.29 is 13.2 Å². The molecule has 1 saturated heterocycles. The highest BCUT2D eigenvalue weighted by Crippen LogP contribution is 2.28. The number of hydrogen-bond donors (Lipinski definition) is 0. The van der Waals surface area contributed by atoms with Crippen molar-refractivity contribution in [2.24, 2.45) is 0 Å². The predicted octanol–water partition coefficient (Wildman–Crippen LogP) is 2.25. The Bertz CT molecular complexity index is 822. The van der Waals surface area contributed by atoms with Crippen LogP contribution in [0.2, 0.25) is 5.02 Å². The minimum atomic E-state index is -3.55. The van der Waals surface area contributed by atoms with Crippen molar-refractivity contribution in [1.29, 1.82) is 0 Å². The zero-order valence-electron chi connectivity index (χ0n) is 13.9. The van der Waals surface area contributed by atoms with Crippen molar-refractivity contribution in [2.75, 3.05) is 33.3 Å². The van der Waals surface area contributed by atoms with Crippen LogP contribution < -0.4 is 4.74 Å². The summed E-state index contributed by atoms with van der Waals surface area (Å²) in [5, 5.41) is 0.289. The van der Waals surface area contributed by atoms with E-state index in [0.717, 1.165) is 12.2 Å². The lowest BCUT2D eigenvalue weighted by Gasteiger charge is -2.33. The Morgan fingerprint density at radius 3 is 2.52 bits per heavy atom. The molecule has 0 saturated carbocycles. The summed E-state index contributed by atoms with van der Waals surface area (Å²) >= 11 is 6.06. The molecule has 2 aromatic rings. The van der Waals surface area contributed by atoms with Gasteiger partial charge in [-0.2, -0.15) is 4.31 Å². The van der Waals surface area contributed by atoms with Crippen LogP contribution in [0.5, 0.6) is 5.75 Å². The molecule has 3 rings (SSSR count). The number of benzene rings is 1. The zero-order valence-corrected chi connectivity index (χ0v) is 15.5. The molecule has 2 heterocycles. The van der Waals surface area contributed by atoms with Gasteiger partial charge in [-0.15, -0.1) is 0 Å². The molecule has 0 spiro atoms. The normalized spacial score (nSPS) is 16.7. The molecule has 1 aliphatic rings. The molecule has 25 heavy (non-hydrogen) atoms. The molecule has 1 aromatic carbocycles. The van der Waals surface area contributed by atoms with E-state index in [4.69, 9.17) is 16.3 Å². The average molecular weight is 382 g/mol. The molecule has 8 heteroatoms. The van der Waals surface area contributed by atoms with Crippen LogP contribution in [-0.4, -0.2) is 55.9 Å². The number of aromatic nitrogens is 1. The van der Waals surface area contributed by atoms with Gasteiger partial charge in [-0.25, -0.2) is 8.42 Å². The van der Waals surface area contributed by atoms with Crippen molar-refractivity contribution in [3.05, 3.63) is 53.3 Å². The van der Waals surface area contributed by atoms with Gasteiger partial charge in [0.25, 0.3) is 0 Å². The molecule has 0 atom stereocenters. The number of hydrogen-bond acceptors (Lipinski definition) is 5. The van der Waals surface area contributed by atoms with Crippen molar-refractivity contribution >= 4 is 21.6 Å². The second kappa shape index (κ2) is 7.70. The van der Waals surface area contributed by atoms with Crippen LogP contribution in [0.3, 0.4) is 0 Å². The monoisotopic (exact) mass is 381 g/mol. The number of sulfonamides is 1. The molecule has 0 amide bonds.